The first-order valence-electron chi connectivity index (χ1n) is 26.1. The van der Waals surface area contributed by atoms with Crippen molar-refractivity contribution in [2.24, 2.45) is 11.8 Å². The molecule has 4 aliphatic heterocycles. The predicted molar refractivity (Wildman–Crippen MR) is 310 cm³/mol. The Balaban J connectivity index is 0.00000261. The average Bonchev–Trinajstić information content (AvgIpc) is 4.24. The number of thiazole rings is 1. The molecule has 1 aliphatic carbocycles. The fraction of sp³-hybridized carbons (Fsp3) is 0.509. The van der Waals surface area contributed by atoms with Crippen molar-refractivity contribution in [2.45, 2.75) is 134 Å². The summed E-state index contributed by atoms with van der Waals surface area (Å²) in [5.74, 6) is 2.09. The number of nitrogens with one attached hydrogen (secondary N) is 4. The molecule has 4 aromatic heterocycles. The van der Waals surface area contributed by atoms with E-state index >= 15 is 0 Å². The maximum atomic E-state index is 14.5. The Morgan fingerprint density at radius 1 is 0.779 bits per heavy atom. The first-order valence-corrected chi connectivity index (χ1v) is 27.0. The predicted octanol–water partition coefficient (Wildman–Crippen LogP) is 10.0. The summed E-state index contributed by atoms with van der Waals surface area (Å²) in [5.41, 5.74) is 7.17. The number of hydrogen-bond acceptors (Lipinski definition) is 12. The van der Waals surface area contributed by atoms with Gasteiger partial charge in [0, 0.05) is 53.9 Å². The van der Waals surface area contributed by atoms with Gasteiger partial charge in [-0.15, -0.1) is 11.3 Å². The smallest absolute Gasteiger partial charge is 0.407 e. The maximum absolute atomic E-state index is 14.5. The van der Waals surface area contributed by atoms with Crippen LogP contribution in [0.1, 0.15) is 137 Å². The van der Waals surface area contributed by atoms with Crippen molar-refractivity contribution in [1.82, 2.24) is 49.9 Å². The van der Waals surface area contributed by atoms with Gasteiger partial charge in [0.25, 0.3) is 0 Å². The van der Waals surface area contributed by atoms with Crippen LogP contribution in [0.3, 0.4) is 0 Å². The number of aryl methyl sites for hydroxylation is 1. The Labute approximate surface area is 473 Å². The lowest BCUT2D eigenvalue weighted by Crippen LogP contribution is -2.54. The molecule has 6 aromatic rings. The van der Waals surface area contributed by atoms with Gasteiger partial charge in [-0.25, -0.2) is 24.5 Å². The third kappa shape index (κ3) is 11.1. The third-order valence-corrected chi connectivity index (χ3v) is 17.1. The van der Waals surface area contributed by atoms with Gasteiger partial charge in [-0.05, 0) is 120 Å². The lowest BCUT2D eigenvalue weighted by Gasteiger charge is -2.40. The van der Waals surface area contributed by atoms with Gasteiger partial charge in [-0.1, -0.05) is 26.3 Å². The van der Waals surface area contributed by atoms with Gasteiger partial charge in [-0.3, -0.25) is 14.2 Å². The Hall–Kier alpha value is -5.68. The number of likely N-dealkylation sites (tertiary alicyclic amines) is 2. The largest absolute Gasteiger partial charge is 0.464 e. The van der Waals surface area contributed by atoms with Crippen molar-refractivity contribution in [1.29, 1.82) is 0 Å². The van der Waals surface area contributed by atoms with Gasteiger partial charge in [0.15, 0.2) is 0 Å². The van der Waals surface area contributed by atoms with E-state index in [-0.39, 0.29) is 76.2 Å². The molecule has 8 heterocycles. The summed E-state index contributed by atoms with van der Waals surface area (Å²) in [6.45, 7) is 11.6. The molecule has 1 saturated carbocycles. The van der Waals surface area contributed by atoms with E-state index in [1.807, 2.05) is 56.1 Å². The second-order valence-electron chi connectivity index (χ2n) is 21.6. The summed E-state index contributed by atoms with van der Waals surface area (Å²) in [6, 6.07) is 10.9. The maximum Gasteiger partial charge on any atom is 0.407 e. The zero-order valence-electron chi connectivity index (χ0n) is 44.7. The van der Waals surface area contributed by atoms with Crippen molar-refractivity contribution < 1.29 is 38.1 Å². The Bertz CT molecular complexity index is 3130. The highest BCUT2D eigenvalue weighted by Gasteiger charge is 2.44. The molecule has 11 rings (SSSR count). The van der Waals surface area contributed by atoms with E-state index in [2.05, 4.69) is 68.5 Å². The summed E-state index contributed by atoms with van der Waals surface area (Å²) < 4.78 is 25.3. The SMILES string of the molecule is COC(=O)NC(C(=O)N1CCC[C@H]1c1ncc(-c2ccc3c(c2)cc2n3C(c3cnc(C4CCC4)s3)Oc3cc(-c4cnc([C@@H]5CCCN5C(=O)[C@@H](NC(=O)OC)C(C)C)[nH]4)cc(C)c3-2)[nH]1)C1CCOC(C)(C)C1.S.S.S. The summed E-state index contributed by atoms with van der Waals surface area (Å²) in [6.07, 6.45) is 11.8. The summed E-state index contributed by atoms with van der Waals surface area (Å²) in [4.78, 5) is 79.7. The molecule has 22 heteroatoms. The number of fused-ring (bicyclic) bond motifs is 5. The fourth-order valence-electron chi connectivity index (χ4n) is 11.9. The van der Waals surface area contributed by atoms with E-state index in [0.29, 0.717) is 50.1 Å². The number of imidazole rings is 2. The second-order valence-corrected chi connectivity index (χ2v) is 22.7. The van der Waals surface area contributed by atoms with Crippen LogP contribution in [0.4, 0.5) is 9.59 Å². The lowest BCUT2D eigenvalue weighted by atomic mass is 9.82. The summed E-state index contributed by atoms with van der Waals surface area (Å²) >= 11 is 1.73. The highest BCUT2D eigenvalue weighted by molar-refractivity contribution is 7.59. The highest BCUT2D eigenvalue weighted by Crippen LogP contribution is 2.50. The van der Waals surface area contributed by atoms with E-state index < -0.39 is 36.1 Å². The van der Waals surface area contributed by atoms with Crippen LogP contribution in [0.5, 0.6) is 5.75 Å². The molecule has 6 atom stereocenters. The van der Waals surface area contributed by atoms with E-state index in [0.717, 1.165) is 104 Å². The van der Waals surface area contributed by atoms with Gasteiger partial charge < -0.3 is 49.3 Å². The molecule has 2 aromatic carbocycles. The van der Waals surface area contributed by atoms with E-state index in [1.165, 1.54) is 20.6 Å². The number of methoxy groups -OCH3 is 2. The number of benzene rings is 2. The van der Waals surface area contributed by atoms with Crippen LogP contribution in [0.15, 0.2) is 55.0 Å². The van der Waals surface area contributed by atoms with Crippen LogP contribution in [0.2, 0.25) is 0 Å². The van der Waals surface area contributed by atoms with Crippen LogP contribution in [0, 0.1) is 18.8 Å². The van der Waals surface area contributed by atoms with Crippen LogP contribution in [-0.2, 0) is 23.8 Å². The number of H-pyrrole nitrogens is 2. The van der Waals surface area contributed by atoms with Crippen molar-refractivity contribution in [2.75, 3.05) is 33.9 Å². The minimum atomic E-state index is -0.750. The second kappa shape index (κ2) is 23.3. The van der Waals surface area contributed by atoms with Crippen LogP contribution in [0.25, 0.3) is 44.7 Å². The molecule has 5 aliphatic rings. The topological polar surface area (TPSA) is 211 Å². The van der Waals surface area contributed by atoms with Gasteiger partial charge in [0.1, 0.15) is 29.5 Å². The molecule has 0 spiro atoms. The van der Waals surface area contributed by atoms with Gasteiger partial charge in [0.2, 0.25) is 18.0 Å². The molecule has 3 saturated heterocycles. The number of rotatable bonds is 12. The minimum Gasteiger partial charge on any atom is -0.464 e. The van der Waals surface area contributed by atoms with Crippen molar-refractivity contribution >= 4 is 86.7 Å². The number of amides is 4. The Kier molecular flexibility index (Phi) is 17.4. The standard InChI is InChI=1S/C55H66N10O8S.3H2S/c1-29(2)45(61-53(68)70-6)50(66)63-18-9-13-39(63)48-57-27-37(60-48)34-21-30(3)44-41-23-35-22-32(15-16-38(35)65(41)52(73-42(44)24-34)43-28-58-49(74-43)31-11-8-12-31)36-26-56-47(59-36)40-14-10-19-64(40)51(67)46(62-54(69)71-7)33-17-20-72-55(4,5)25-33;;;/h15-16,21-24,26-29,31,33,39-40,45-46,52H,8-14,17-20,25H2,1-7H3,(H,56,59)(H,57,60)(H,61,68)(H,62,69);3*1H2/t33?,39-,40-,45-,46?,52?;;;/m0.../s1. The quantitative estimate of drug-likeness (QED) is 0.0906. The molecule has 3 unspecified atom stereocenters. The molecule has 414 valence electrons. The third-order valence-electron chi connectivity index (χ3n) is 15.9. The van der Waals surface area contributed by atoms with Crippen molar-refractivity contribution in [3.05, 3.63) is 82.1 Å². The zero-order chi connectivity index (χ0) is 51.6. The number of nitrogens with zero attached hydrogens (tertiary/aromatic N) is 6. The Morgan fingerprint density at radius 3 is 2.05 bits per heavy atom. The number of carbonyl (C=O) groups excluding carboxylic acids is 4. The van der Waals surface area contributed by atoms with Crippen molar-refractivity contribution in [3.8, 4) is 39.5 Å². The first-order chi connectivity index (χ1) is 35.7. The number of aromatic amines is 2. The van der Waals surface area contributed by atoms with E-state index in [4.69, 9.17) is 33.9 Å². The molecular formula is C55H72N10O8S4. The number of ether oxygens (including phenoxy) is 4. The minimum absolute atomic E-state index is 0. The highest BCUT2D eigenvalue weighted by atomic mass is 32.1. The number of hydrogen-bond donors (Lipinski definition) is 4. The van der Waals surface area contributed by atoms with E-state index in [1.54, 1.807) is 11.3 Å². The molecule has 0 bridgehead atoms. The van der Waals surface area contributed by atoms with E-state index in [9.17, 15) is 19.2 Å². The molecule has 18 nitrogen and oxygen atoms in total. The normalized spacial score (nSPS) is 21.3. The number of alkyl carbamates (subject to hydrolysis) is 2. The molecule has 0 radical (unpaired) electrons. The monoisotopic (exact) mass is 1130 g/mol. The molecule has 4 N–H and O–H groups in total. The summed E-state index contributed by atoms with van der Waals surface area (Å²) in [5, 5.41) is 7.80. The van der Waals surface area contributed by atoms with Crippen LogP contribution < -0.4 is 15.4 Å². The fourth-order valence-corrected chi connectivity index (χ4v) is 13.0. The number of carbonyl (C=O) groups is 4. The average molecular weight is 1130 g/mol. The summed E-state index contributed by atoms with van der Waals surface area (Å²) in [7, 11) is 2.61. The van der Waals surface area contributed by atoms with Gasteiger partial charge in [-0.2, -0.15) is 40.5 Å². The molecular weight excluding hydrogens is 1060 g/mol. The molecule has 77 heavy (non-hydrogen) atoms. The first kappa shape index (κ1) is 57.5. The van der Waals surface area contributed by atoms with Crippen LogP contribution in [-0.4, -0.2) is 115 Å². The van der Waals surface area contributed by atoms with Gasteiger partial charge in [0.05, 0.1) is 76.8 Å². The Morgan fingerprint density at radius 2 is 1.43 bits per heavy atom. The van der Waals surface area contributed by atoms with Crippen molar-refractivity contribution in [3.63, 3.8) is 0 Å². The van der Waals surface area contributed by atoms with Crippen LogP contribution >= 0.6 is 51.8 Å². The van der Waals surface area contributed by atoms with Gasteiger partial charge >= 0.3 is 12.2 Å². The number of aromatic nitrogens is 6. The molecule has 4 fully saturated rings. The lowest BCUT2D eigenvalue weighted by molar-refractivity contribution is -0.139. The molecule has 4 amide bonds. The zero-order valence-corrected chi connectivity index (χ0v) is 48.5.